The molecule has 18 heavy (non-hydrogen) atoms. The first-order valence-corrected chi connectivity index (χ1v) is 7.02. The van der Waals surface area contributed by atoms with Crippen LogP contribution in [0, 0.1) is 12.8 Å². The number of hydrogen-bond donors (Lipinski definition) is 1. The Kier molecular flexibility index (Phi) is 4.53. The van der Waals surface area contributed by atoms with Crippen molar-refractivity contribution in [3.05, 3.63) is 17.6 Å². The number of rotatable bonds is 4. The van der Waals surface area contributed by atoms with E-state index in [9.17, 15) is 0 Å². The lowest BCUT2D eigenvalue weighted by Gasteiger charge is -2.33. The summed E-state index contributed by atoms with van der Waals surface area (Å²) >= 11 is 0. The third-order valence-electron chi connectivity index (χ3n) is 3.62. The molecular formula is C14H24N4. The van der Waals surface area contributed by atoms with Gasteiger partial charge in [-0.1, -0.05) is 6.92 Å². The summed E-state index contributed by atoms with van der Waals surface area (Å²) in [6, 6.07) is 2.10. The number of nitrogens with zero attached hydrogens (tertiary/aromatic N) is 3. The fourth-order valence-corrected chi connectivity index (χ4v) is 2.68. The highest BCUT2D eigenvalue weighted by atomic mass is 15.2. The van der Waals surface area contributed by atoms with Crippen LogP contribution in [-0.4, -0.2) is 29.6 Å². The standard InChI is InChI=1S/C14H24N4/c1-3-13-16-11(2)9-14(17-13)18-8-4-5-12(10-18)6-7-15/h9,12H,3-8,10,15H2,1-2H3. The highest BCUT2D eigenvalue weighted by molar-refractivity contribution is 5.40. The number of anilines is 1. The maximum Gasteiger partial charge on any atom is 0.132 e. The second-order valence-electron chi connectivity index (χ2n) is 5.17. The molecule has 4 heteroatoms. The summed E-state index contributed by atoms with van der Waals surface area (Å²) in [6.45, 7) is 7.15. The van der Waals surface area contributed by atoms with E-state index >= 15 is 0 Å². The summed E-state index contributed by atoms with van der Waals surface area (Å²) in [6.07, 6.45) is 4.57. The van der Waals surface area contributed by atoms with E-state index in [4.69, 9.17) is 5.73 Å². The molecule has 2 heterocycles. The van der Waals surface area contributed by atoms with Crippen LogP contribution in [0.5, 0.6) is 0 Å². The Morgan fingerprint density at radius 3 is 3.00 bits per heavy atom. The van der Waals surface area contributed by atoms with Crippen molar-refractivity contribution in [3.63, 3.8) is 0 Å². The van der Waals surface area contributed by atoms with E-state index in [0.29, 0.717) is 0 Å². The molecule has 1 atom stereocenters. The second kappa shape index (κ2) is 6.14. The van der Waals surface area contributed by atoms with Gasteiger partial charge in [0.25, 0.3) is 0 Å². The Morgan fingerprint density at radius 2 is 2.28 bits per heavy atom. The van der Waals surface area contributed by atoms with Gasteiger partial charge in [-0.15, -0.1) is 0 Å². The number of aryl methyl sites for hydroxylation is 2. The summed E-state index contributed by atoms with van der Waals surface area (Å²) in [4.78, 5) is 11.5. The van der Waals surface area contributed by atoms with Crippen LogP contribution in [0.1, 0.15) is 37.7 Å². The second-order valence-corrected chi connectivity index (χ2v) is 5.17. The fraction of sp³-hybridized carbons (Fsp3) is 0.714. The largest absolute Gasteiger partial charge is 0.356 e. The summed E-state index contributed by atoms with van der Waals surface area (Å²) in [5.41, 5.74) is 6.74. The van der Waals surface area contributed by atoms with Gasteiger partial charge in [-0.25, -0.2) is 9.97 Å². The zero-order valence-corrected chi connectivity index (χ0v) is 11.5. The molecule has 0 radical (unpaired) electrons. The molecule has 1 aliphatic rings. The third kappa shape index (κ3) is 3.19. The molecule has 0 amide bonds. The van der Waals surface area contributed by atoms with Crippen LogP contribution in [0.3, 0.4) is 0 Å². The van der Waals surface area contributed by atoms with Gasteiger partial charge in [0.15, 0.2) is 0 Å². The number of hydrogen-bond acceptors (Lipinski definition) is 4. The van der Waals surface area contributed by atoms with Crippen molar-refractivity contribution in [2.75, 3.05) is 24.5 Å². The average molecular weight is 248 g/mol. The van der Waals surface area contributed by atoms with E-state index in [2.05, 4.69) is 27.9 Å². The molecule has 2 rings (SSSR count). The van der Waals surface area contributed by atoms with Crippen molar-refractivity contribution in [2.45, 2.75) is 39.5 Å². The highest BCUT2D eigenvalue weighted by Crippen LogP contribution is 2.23. The molecule has 0 saturated carbocycles. The van der Waals surface area contributed by atoms with Gasteiger partial charge in [-0.2, -0.15) is 0 Å². The van der Waals surface area contributed by atoms with E-state index in [-0.39, 0.29) is 0 Å². The normalized spacial score (nSPS) is 20.2. The maximum absolute atomic E-state index is 5.67. The molecule has 1 saturated heterocycles. The van der Waals surface area contributed by atoms with Gasteiger partial charge >= 0.3 is 0 Å². The molecule has 4 nitrogen and oxygen atoms in total. The Balaban J connectivity index is 2.12. The summed E-state index contributed by atoms with van der Waals surface area (Å²) in [7, 11) is 0. The van der Waals surface area contributed by atoms with Crippen LogP contribution in [0.25, 0.3) is 0 Å². The van der Waals surface area contributed by atoms with E-state index in [1.54, 1.807) is 0 Å². The summed E-state index contributed by atoms with van der Waals surface area (Å²) in [5, 5.41) is 0. The minimum atomic E-state index is 0.726. The topological polar surface area (TPSA) is 55.0 Å². The van der Waals surface area contributed by atoms with Crippen LogP contribution in [0.4, 0.5) is 5.82 Å². The van der Waals surface area contributed by atoms with Crippen molar-refractivity contribution < 1.29 is 0 Å². The van der Waals surface area contributed by atoms with E-state index in [1.807, 2.05) is 6.92 Å². The number of piperidine rings is 1. The molecule has 1 aromatic rings. The Morgan fingerprint density at radius 1 is 1.44 bits per heavy atom. The van der Waals surface area contributed by atoms with Gasteiger partial charge in [0.1, 0.15) is 11.6 Å². The number of aromatic nitrogens is 2. The van der Waals surface area contributed by atoms with Crippen LogP contribution in [-0.2, 0) is 6.42 Å². The molecule has 1 fully saturated rings. The molecule has 1 unspecified atom stereocenters. The molecule has 0 bridgehead atoms. The van der Waals surface area contributed by atoms with Gasteiger partial charge in [-0.3, -0.25) is 0 Å². The van der Waals surface area contributed by atoms with Crippen molar-refractivity contribution in [1.82, 2.24) is 9.97 Å². The molecule has 0 aromatic carbocycles. The molecule has 2 N–H and O–H groups in total. The first-order valence-electron chi connectivity index (χ1n) is 7.02. The lowest BCUT2D eigenvalue weighted by molar-refractivity contribution is 0.394. The molecule has 100 valence electrons. The van der Waals surface area contributed by atoms with Crippen LogP contribution in [0.15, 0.2) is 6.07 Å². The van der Waals surface area contributed by atoms with Gasteiger partial charge in [0, 0.05) is 31.3 Å². The fourth-order valence-electron chi connectivity index (χ4n) is 2.68. The molecule has 1 aliphatic heterocycles. The Hall–Kier alpha value is -1.16. The molecule has 0 aliphatic carbocycles. The van der Waals surface area contributed by atoms with Crippen LogP contribution < -0.4 is 10.6 Å². The molecular weight excluding hydrogens is 224 g/mol. The maximum atomic E-state index is 5.67. The zero-order valence-electron chi connectivity index (χ0n) is 11.5. The van der Waals surface area contributed by atoms with Gasteiger partial charge in [0.05, 0.1) is 0 Å². The minimum Gasteiger partial charge on any atom is -0.356 e. The van der Waals surface area contributed by atoms with Crippen LogP contribution >= 0.6 is 0 Å². The Labute approximate surface area is 110 Å². The lowest BCUT2D eigenvalue weighted by atomic mass is 9.95. The first-order chi connectivity index (χ1) is 8.72. The summed E-state index contributed by atoms with van der Waals surface area (Å²) in [5.74, 6) is 2.77. The van der Waals surface area contributed by atoms with E-state index in [1.165, 1.54) is 12.8 Å². The number of nitrogens with two attached hydrogens (primary N) is 1. The smallest absolute Gasteiger partial charge is 0.132 e. The molecule has 1 aromatic heterocycles. The monoisotopic (exact) mass is 248 g/mol. The Bertz CT molecular complexity index is 389. The molecule has 0 spiro atoms. The van der Waals surface area contributed by atoms with Crippen molar-refractivity contribution in [3.8, 4) is 0 Å². The SMILES string of the molecule is CCc1nc(C)cc(N2CCCC(CCN)C2)n1. The van der Waals surface area contributed by atoms with Crippen LogP contribution in [0.2, 0.25) is 0 Å². The van der Waals surface area contributed by atoms with Crippen molar-refractivity contribution >= 4 is 5.82 Å². The van der Waals surface area contributed by atoms with Crippen molar-refractivity contribution in [2.24, 2.45) is 11.7 Å². The lowest BCUT2D eigenvalue weighted by Crippen LogP contribution is -2.37. The van der Waals surface area contributed by atoms with Gasteiger partial charge in [-0.05, 0) is 38.6 Å². The van der Waals surface area contributed by atoms with Gasteiger partial charge < -0.3 is 10.6 Å². The minimum absolute atomic E-state index is 0.726. The quantitative estimate of drug-likeness (QED) is 0.884. The van der Waals surface area contributed by atoms with E-state index < -0.39 is 0 Å². The van der Waals surface area contributed by atoms with E-state index in [0.717, 1.165) is 55.7 Å². The predicted octanol–water partition coefficient (Wildman–Crippen LogP) is 1.91. The average Bonchev–Trinajstić information content (AvgIpc) is 2.39. The zero-order chi connectivity index (χ0) is 13.0. The summed E-state index contributed by atoms with van der Waals surface area (Å²) < 4.78 is 0. The highest BCUT2D eigenvalue weighted by Gasteiger charge is 2.20. The van der Waals surface area contributed by atoms with Crippen molar-refractivity contribution in [1.29, 1.82) is 0 Å². The third-order valence-corrected chi connectivity index (χ3v) is 3.62. The predicted molar refractivity (Wildman–Crippen MR) is 74.8 cm³/mol. The van der Waals surface area contributed by atoms with Gasteiger partial charge in [0.2, 0.25) is 0 Å². The first kappa shape index (κ1) is 13.3.